The van der Waals surface area contributed by atoms with Crippen LogP contribution in [-0.2, 0) is 9.47 Å². The molecular weight excluding hydrogens is 204 g/mol. The van der Waals surface area contributed by atoms with Crippen molar-refractivity contribution in [3.05, 3.63) is 35.9 Å². The summed E-state index contributed by atoms with van der Waals surface area (Å²) in [6, 6.07) is 9.66. The van der Waals surface area contributed by atoms with Gasteiger partial charge >= 0.3 is 0 Å². The third kappa shape index (κ3) is 4.00. The fourth-order valence-corrected chi connectivity index (χ4v) is 1.28. The lowest BCUT2D eigenvalue weighted by Gasteiger charge is -2.11. The van der Waals surface area contributed by atoms with Gasteiger partial charge in [0, 0.05) is 19.8 Å². The molecule has 16 heavy (non-hydrogen) atoms. The second-order valence-electron chi connectivity index (χ2n) is 3.41. The Kier molecular flexibility index (Phi) is 5.53. The maximum absolute atomic E-state index is 5.85. The van der Waals surface area contributed by atoms with Crippen molar-refractivity contribution in [2.45, 2.75) is 6.10 Å². The van der Waals surface area contributed by atoms with Crippen LogP contribution in [0.4, 0.5) is 0 Å². The Bertz CT molecular complexity index is 325. The normalized spacial score (nSPS) is 13.8. The summed E-state index contributed by atoms with van der Waals surface area (Å²) in [7, 11) is 3.27. The topological polar surface area (TPSA) is 56.8 Å². The molecule has 0 saturated carbocycles. The molecule has 0 saturated heterocycles. The van der Waals surface area contributed by atoms with Gasteiger partial charge < -0.3 is 15.2 Å². The van der Waals surface area contributed by atoms with Gasteiger partial charge in [-0.1, -0.05) is 30.3 Å². The molecule has 1 aromatic carbocycles. The van der Waals surface area contributed by atoms with E-state index in [2.05, 4.69) is 4.99 Å². The van der Waals surface area contributed by atoms with Crippen LogP contribution in [-0.4, -0.2) is 39.3 Å². The van der Waals surface area contributed by atoms with Crippen molar-refractivity contribution in [1.29, 1.82) is 0 Å². The molecule has 4 heteroatoms. The number of hydrogen-bond donors (Lipinski definition) is 1. The van der Waals surface area contributed by atoms with Crippen LogP contribution in [0.2, 0.25) is 0 Å². The van der Waals surface area contributed by atoms with E-state index in [0.717, 1.165) is 5.56 Å². The van der Waals surface area contributed by atoms with Gasteiger partial charge in [-0.25, -0.2) is 0 Å². The van der Waals surface area contributed by atoms with E-state index >= 15 is 0 Å². The first-order valence-electron chi connectivity index (χ1n) is 5.15. The number of rotatable bonds is 6. The molecule has 0 spiro atoms. The average Bonchev–Trinajstić information content (AvgIpc) is 2.35. The molecule has 0 radical (unpaired) electrons. The second kappa shape index (κ2) is 6.98. The fourth-order valence-electron chi connectivity index (χ4n) is 1.28. The van der Waals surface area contributed by atoms with Crippen molar-refractivity contribution in [3.8, 4) is 0 Å². The first kappa shape index (κ1) is 12.7. The molecule has 0 aliphatic carbocycles. The van der Waals surface area contributed by atoms with E-state index in [1.807, 2.05) is 30.3 Å². The highest BCUT2D eigenvalue weighted by Crippen LogP contribution is 1.99. The number of amidine groups is 1. The SMILES string of the molecule is COCC(CN=C(N)c1ccccc1)OC. The third-order valence-electron chi connectivity index (χ3n) is 2.22. The molecule has 0 aromatic heterocycles. The van der Waals surface area contributed by atoms with Crippen molar-refractivity contribution in [2.75, 3.05) is 27.4 Å². The molecule has 1 unspecified atom stereocenters. The minimum absolute atomic E-state index is 0.0488. The molecule has 1 rings (SSSR count). The highest BCUT2D eigenvalue weighted by molar-refractivity contribution is 5.97. The van der Waals surface area contributed by atoms with E-state index in [9.17, 15) is 0 Å². The predicted octanol–water partition coefficient (Wildman–Crippen LogP) is 1.05. The quantitative estimate of drug-likeness (QED) is 0.578. The van der Waals surface area contributed by atoms with Gasteiger partial charge in [0.2, 0.25) is 0 Å². The van der Waals surface area contributed by atoms with Crippen molar-refractivity contribution in [2.24, 2.45) is 10.7 Å². The lowest BCUT2D eigenvalue weighted by Crippen LogP contribution is -2.23. The maximum Gasteiger partial charge on any atom is 0.125 e. The number of ether oxygens (including phenoxy) is 2. The van der Waals surface area contributed by atoms with E-state index in [1.54, 1.807) is 14.2 Å². The second-order valence-corrected chi connectivity index (χ2v) is 3.41. The number of aliphatic imine (C=N–C) groups is 1. The van der Waals surface area contributed by atoms with Crippen LogP contribution in [0.5, 0.6) is 0 Å². The number of methoxy groups -OCH3 is 2. The van der Waals surface area contributed by atoms with Crippen molar-refractivity contribution in [1.82, 2.24) is 0 Å². The zero-order chi connectivity index (χ0) is 11.8. The molecular formula is C12H18N2O2. The highest BCUT2D eigenvalue weighted by Gasteiger charge is 2.06. The van der Waals surface area contributed by atoms with Crippen molar-refractivity contribution < 1.29 is 9.47 Å². The number of nitrogens with two attached hydrogens (primary N) is 1. The van der Waals surface area contributed by atoms with Gasteiger partial charge in [-0.2, -0.15) is 0 Å². The standard InChI is InChI=1S/C12H18N2O2/c1-15-9-11(16-2)8-14-12(13)10-6-4-3-5-7-10/h3-7,11H,8-9H2,1-2H3,(H2,13,14). The summed E-state index contributed by atoms with van der Waals surface area (Å²) in [6.45, 7) is 1.02. The highest BCUT2D eigenvalue weighted by atomic mass is 16.5. The zero-order valence-corrected chi connectivity index (χ0v) is 9.72. The van der Waals surface area contributed by atoms with E-state index in [-0.39, 0.29) is 6.10 Å². The molecule has 0 aliphatic rings. The van der Waals surface area contributed by atoms with Crippen molar-refractivity contribution in [3.63, 3.8) is 0 Å². The Hall–Kier alpha value is -1.39. The van der Waals surface area contributed by atoms with E-state index in [1.165, 1.54) is 0 Å². The van der Waals surface area contributed by atoms with Gasteiger partial charge in [-0.15, -0.1) is 0 Å². The summed E-state index contributed by atoms with van der Waals surface area (Å²) in [5.74, 6) is 0.527. The fraction of sp³-hybridized carbons (Fsp3) is 0.417. The van der Waals surface area contributed by atoms with E-state index in [4.69, 9.17) is 15.2 Å². The Labute approximate surface area is 96.1 Å². The molecule has 1 aromatic rings. The molecule has 0 heterocycles. The Morgan fingerprint density at radius 1 is 1.31 bits per heavy atom. The van der Waals surface area contributed by atoms with Crippen LogP contribution in [0.3, 0.4) is 0 Å². The number of nitrogens with zero attached hydrogens (tertiary/aromatic N) is 1. The third-order valence-corrected chi connectivity index (χ3v) is 2.22. The van der Waals surface area contributed by atoms with Crippen LogP contribution in [0.15, 0.2) is 35.3 Å². The zero-order valence-electron chi connectivity index (χ0n) is 9.72. The number of hydrogen-bond acceptors (Lipinski definition) is 3. The lowest BCUT2D eigenvalue weighted by molar-refractivity contribution is 0.0344. The summed E-state index contributed by atoms with van der Waals surface area (Å²) in [5, 5.41) is 0. The molecule has 0 aliphatic heterocycles. The smallest absolute Gasteiger partial charge is 0.125 e. The average molecular weight is 222 g/mol. The maximum atomic E-state index is 5.85. The first-order chi connectivity index (χ1) is 7.77. The minimum atomic E-state index is -0.0488. The van der Waals surface area contributed by atoms with Crippen LogP contribution in [0, 0.1) is 0 Å². The van der Waals surface area contributed by atoms with Crippen molar-refractivity contribution >= 4 is 5.84 Å². The molecule has 2 N–H and O–H groups in total. The Morgan fingerprint density at radius 2 is 2.00 bits per heavy atom. The van der Waals surface area contributed by atoms with Gasteiger partial charge in [-0.3, -0.25) is 4.99 Å². The van der Waals surface area contributed by atoms with Gasteiger partial charge in [0.25, 0.3) is 0 Å². The summed E-state index contributed by atoms with van der Waals surface area (Å²) in [5.41, 5.74) is 6.77. The summed E-state index contributed by atoms with van der Waals surface area (Å²) < 4.78 is 10.2. The van der Waals surface area contributed by atoms with Gasteiger partial charge in [0.05, 0.1) is 19.3 Å². The molecule has 0 bridgehead atoms. The van der Waals surface area contributed by atoms with E-state index in [0.29, 0.717) is 19.0 Å². The molecule has 0 fully saturated rings. The molecule has 0 amide bonds. The number of benzene rings is 1. The minimum Gasteiger partial charge on any atom is -0.384 e. The lowest BCUT2D eigenvalue weighted by atomic mass is 10.2. The van der Waals surface area contributed by atoms with Gasteiger partial charge in [0.1, 0.15) is 5.84 Å². The van der Waals surface area contributed by atoms with Crippen LogP contribution >= 0.6 is 0 Å². The van der Waals surface area contributed by atoms with Crippen LogP contribution in [0.25, 0.3) is 0 Å². The first-order valence-corrected chi connectivity index (χ1v) is 5.15. The van der Waals surface area contributed by atoms with Gasteiger partial charge in [-0.05, 0) is 0 Å². The molecule has 4 nitrogen and oxygen atoms in total. The monoisotopic (exact) mass is 222 g/mol. The largest absolute Gasteiger partial charge is 0.384 e. The molecule has 1 atom stereocenters. The summed E-state index contributed by atoms with van der Waals surface area (Å²) in [4.78, 5) is 4.27. The summed E-state index contributed by atoms with van der Waals surface area (Å²) >= 11 is 0. The van der Waals surface area contributed by atoms with E-state index < -0.39 is 0 Å². The Morgan fingerprint density at radius 3 is 2.56 bits per heavy atom. The Balaban J connectivity index is 2.56. The van der Waals surface area contributed by atoms with Crippen LogP contribution in [0.1, 0.15) is 5.56 Å². The summed E-state index contributed by atoms with van der Waals surface area (Å²) in [6.07, 6.45) is -0.0488. The molecule has 88 valence electrons. The van der Waals surface area contributed by atoms with Crippen LogP contribution < -0.4 is 5.73 Å². The van der Waals surface area contributed by atoms with Gasteiger partial charge in [0.15, 0.2) is 0 Å². The predicted molar refractivity (Wildman–Crippen MR) is 64.7 cm³/mol.